The number of nitrogen functional groups attached to an aromatic ring is 1. The van der Waals surface area contributed by atoms with Gasteiger partial charge in [-0.25, -0.2) is 14.8 Å². The van der Waals surface area contributed by atoms with Crippen molar-refractivity contribution in [1.29, 1.82) is 0 Å². The third kappa shape index (κ3) is 5.15. The average Bonchev–Trinajstić information content (AvgIpc) is 2.77. The van der Waals surface area contributed by atoms with E-state index in [0.29, 0.717) is 24.5 Å². The maximum Gasteiger partial charge on any atom is 0.317 e. The number of hydrogen-bond acceptors (Lipinski definition) is 5. The number of aromatic nitrogens is 2. The van der Waals surface area contributed by atoms with E-state index in [1.54, 1.807) is 4.90 Å². The van der Waals surface area contributed by atoms with Gasteiger partial charge in [0, 0.05) is 44.1 Å². The number of amides is 2. The molecule has 2 heterocycles. The van der Waals surface area contributed by atoms with Gasteiger partial charge in [-0.05, 0) is 55.7 Å². The van der Waals surface area contributed by atoms with Crippen LogP contribution in [0.5, 0.6) is 0 Å². The Hall–Kier alpha value is -2.67. The van der Waals surface area contributed by atoms with Crippen molar-refractivity contribution in [2.75, 3.05) is 32.4 Å². The predicted molar refractivity (Wildman–Crippen MR) is 123 cm³/mol. The lowest BCUT2D eigenvalue weighted by molar-refractivity contribution is 0.0629. The second-order valence-electron chi connectivity index (χ2n) is 8.97. The molecule has 3 atom stereocenters. The van der Waals surface area contributed by atoms with E-state index in [1.165, 1.54) is 11.1 Å². The summed E-state index contributed by atoms with van der Waals surface area (Å²) in [5.41, 5.74) is 9.38. The van der Waals surface area contributed by atoms with Gasteiger partial charge < -0.3 is 16.0 Å². The summed E-state index contributed by atoms with van der Waals surface area (Å²) in [5.74, 6) is 0.824. The van der Waals surface area contributed by atoms with Gasteiger partial charge in [0.15, 0.2) is 0 Å². The highest BCUT2D eigenvalue weighted by Gasteiger charge is 2.40. The van der Waals surface area contributed by atoms with E-state index < -0.39 is 0 Å². The smallest absolute Gasteiger partial charge is 0.317 e. The van der Waals surface area contributed by atoms with Crippen molar-refractivity contribution in [2.24, 2.45) is 5.92 Å². The molecule has 0 radical (unpaired) electrons. The zero-order valence-electron chi connectivity index (χ0n) is 18.6. The SMILES string of the molecule is CCCN1C[C@@H](NC(=O)N(C)CCc2ccccc2)C[C@@H]2Cc3nc(N)ncc3C[C@H]21. The summed E-state index contributed by atoms with van der Waals surface area (Å²) in [4.78, 5) is 25.9. The van der Waals surface area contributed by atoms with E-state index in [2.05, 4.69) is 39.2 Å². The Morgan fingerprint density at radius 1 is 1.29 bits per heavy atom. The van der Waals surface area contributed by atoms with E-state index in [9.17, 15) is 4.79 Å². The van der Waals surface area contributed by atoms with Crippen LogP contribution < -0.4 is 11.1 Å². The van der Waals surface area contributed by atoms with Gasteiger partial charge in [-0.15, -0.1) is 0 Å². The number of rotatable bonds is 6. The van der Waals surface area contributed by atoms with Crippen molar-refractivity contribution >= 4 is 12.0 Å². The highest BCUT2D eigenvalue weighted by molar-refractivity contribution is 5.74. The molecule has 1 aromatic carbocycles. The first kappa shape index (κ1) is 21.6. The minimum Gasteiger partial charge on any atom is -0.368 e. The van der Waals surface area contributed by atoms with Crippen molar-refractivity contribution in [3.63, 3.8) is 0 Å². The number of fused-ring (bicyclic) bond motifs is 2. The largest absolute Gasteiger partial charge is 0.368 e. The molecule has 2 amide bonds. The summed E-state index contributed by atoms with van der Waals surface area (Å²) in [5, 5.41) is 3.30. The molecule has 166 valence electrons. The molecule has 2 aliphatic rings. The number of nitrogens with two attached hydrogens (primary N) is 1. The molecular weight excluding hydrogens is 388 g/mol. The van der Waals surface area contributed by atoms with Gasteiger partial charge >= 0.3 is 6.03 Å². The summed E-state index contributed by atoms with van der Waals surface area (Å²) >= 11 is 0. The van der Waals surface area contributed by atoms with Crippen molar-refractivity contribution in [1.82, 2.24) is 25.1 Å². The Bertz CT molecular complexity index is 889. The van der Waals surface area contributed by atoms with Crippen molar-refractivity contribution in [3.8, 4) is 0 Å². The number of likely N-dealkylation sites (tertiary alicyclic amines) is 1. The van der Waals surface area contributed by atoms with E-state index in [1.807, 2.05) is 31.4 Å². The number of carbonyl (C=O) groups excluding carboxylic acids is 1. The highest BCUT2D eigenvalue weighted by Crippen LogP contribution is 2.34. The van der Waals surface area contributed by atoms with E-state index in [-0.39, 0.29) is 12.1 Å². The minimum atomic E-state index is 0.0126. The zero-order valence-corrected chi connectivity index (χ0v) is 18.6. The van der Waals surface area contributed by atoms with Crippen LogP contribution in [0.3, 0.4) is 0 Å². The number of nitrogens with one attached hydrogen (secondary N) is 1. The van der Waals surface area contributed by atoms with Gasteiger partial charge in [0.05, 0.1) is 0 Å². The molecule has 1 aromatic heterocycles. The molecular formula is C24H34N6O. The number of benzene rings is 1. The van der Waals surface area contributed by atoms with Gasteiger partial charge in [0.2, 0.25) is 5.95 Å². The van der Waals surface area contributed by atoms with Gasteiger partial charge in [0.1, 0.15) is 0 Å². The Morgan fingerprint density at radius 2 is 2.10 bits per heavy atom. The van der Waals surface area contributed by atoms with Crippen LogP contribution in [0, 0.1) is 5.92 Å². The van der Waals surface area contributed by atoms with Crippen LogP contribution in [-0.4, -0.2) is 64.6 Å². The molecule has 3 N–H and O–H groups in total. The number of piperidine rings is 1. The fourth-order valence-electron chi connectivity index (χ4n) is 5.08. The quantitative estimate of drug-likeness (QED) is 0.747. The van der Waals surface area contributed by atoms with Crippen molar-refractivity contribution < 1.29 is 4.79 Å². The summed E-state index contributed by atoms with van der Waals surface area (Å²) < 4.78 is 0. The van der Waals surface area contributed by atoms with E-state index >= 15 is 0 Å². The molecule has 1 aliphatic carbocycles. The van der Waals surface area contributed by atoms with Crippen LogP contribution in [0.15, 0.2) is 36.5 Å². The van der Waals surface area contributed by atoms with Gasteiger partial charge in [-0.1, -0.05) is 37.3 Å². The number of nitrogens with zero attached hydrogens (tertiary/aromatic N) is 4. The summed E-state index contributed by atoms with van der Waals surface area (Å²) in [6, 6.07) is 11.0. The molecule has 1 fully saturated rings. The van der Waals surface area contributed by atoms with Crippen LogP contribution in [-0.2, 0) is 19.3 Å². The second-order valence-corrected chi connectivity index (χ2v) is 8.97. The maximum absolute atomic E-state index is 12.9. The van der Waals surface area contributed by atoms with Crippen LogP contribution in [0.25, 0.3) is 0 Å². The molecule has 31 heavy (non-hydrogen) atoms. The average molecular weight is 423 g/mol. The molecule has 0 unspecified atom stereocenters. The molecule has 2 aromatic rings. The molecule has 7 nitrogen and oxygen atoms in total. The summed E-state index contributed by atoms with van der Waals surface area (Å²) in [6.07, 6.45) is 6.72. The Kier molecular flexibility index (Phi) is 6.70. The molecule has 1 aliphatic heterocycles. The monoisotopic (exact) mass is 422 g/mol. The van der Waals surface area contributed by atoms with Crippen LogP contribution >= 0.6 is 0 Å². The third-order valence-corrected chi connectivity index (χ3v) is 6.68. The lowest BCUT2D eigenvalue weighted by Gasteiger charge is -2.47. The van der Waals surface area contributed by atoms with Crippen LogP contribution in [0.1, 0.15) is 36.6 Å². The third-order valence-electron chi connectivity index (χ3n) is 6.68. The number of urea groups is 1. The molecule has 7 heteroatoms. The number of likely N-dealkylation sites (N-methyl/N-ethyl adjacent to an activating group) is 1. The molecule has 4 rings (SSSR count). The van der Waals surface area contributed by atoms with Gasteiger partial charge in [-0.2, -0.15) is 0 Å². The number of anilines is 1. The Morgan fingerprint density at radius 3 is 2.87 bits per heavy atom. The van der Waals surface area contributed by atoms with Crippen molar-refractivity contribution in [3.05, 3.63) is 53.3 Å². The van der Waals surface area contributed by atoms with Crippen LogP contribution in [0.2, 0.25) is 0 Å². The number of carbonyl (C=O) groups is 1. The minimum absolute atomic E-state index is 0.0126. The molecule has 0 bridgehead atoms. The lowest BCUT2D eigenvalue weighted by Crippen LogP contribution is -2.59. The first-order valence-electron chi connectivity index (χ1n) is 11.4. The summed E-state index contributed by atoms with van der Waals surface area (Å²) in [7, 11) is 1.88. The lowest BCUT2D eigenvalue weighted by atomic mass is 9.76. The number of hydrogen-bond donors (Lipinski definition) is 2. The molecule has 1 saturated heterocycles. The second kappa shape index (κ2) is 9.64. The van der Waals surface area contributed by atoms with E-state index in [0.717, 1.165) is 50.9 Å². The van der Waals surface area contributed by atoms with Gasteiger partial charge in [-0.3, -0.25) is 4.90 Å². The topological polar surface area (TPSA) is 87.4 Å². The van der Waals surface area contributed by atoms with Gasteiger partial charge in [0.25, 0.3) is 0 Å². The van der Waals surface area contributed by atoms with Crippen LogP contribution in [0.4, 0.5) is 10.7 Å². The Labute approximate surface area is 185 Å². The maximum atomic E-state index is 12.9. The highest BCUT2D eigenvalue weighted by atomic mass is 16.2. The predicted octanol–water partition coefficient (Wildman–Crippen LogP) is 2.51. The first-order valence-corrected chi connectivity index (χ1v) is 11.4. The zero-order chi connectivity index (χ0) is 21.8. The van der Waals surface area contributed by atoms with E-state index in [4.69, 9.17) is 5.73 Å². The fourth-order valence-corrected chi connectivity index (χ4v) is 5.08. The molecule has 0 saturated carbocycles. The summed E-state index contributed by atoms with van der Waals surface area (Å²) in [6.45, 7) is 4.87. The van der Waals surface area contributed by atoms with Crippen molar-refractivity contribution in [2.45, 2.75) is 51.1 Å². The Balaban J connectivity index is 1.38. The standard InChI is InChI=1S/C24H34N6O/c1-3-10-30-16-20(27-24(31)29(2)11-9-17-7-5-4-6-8-17)12-18-13-21-19(14-22(18)30)15-26-23(25)28-21/h4-8,15,18,20,22H,3,9-14,16H2,1-2H3,(H,27,31)(H2,25,26,28)/t18-,20+,22-/m1/s1. The first-order chi connectivity index (χ1) is 15.0. The fraction of sp³-hybridized carbons (Fsp3) is 0.542. The molecule has 0 spiro atoms. The normalized spacial score (nSPS) is 23.0.